The second-order valence-electron chi connectivity index (χ2n) is 3.32. The van der Waals surface area contributed by atoms with Gasteiger partial charge in [-0.15, -0.1) is 11.3 Å². The molecule has 0 aliphatic carbocycles. The summed E-state index contributed by atoms with van der Waals surface area (Å²) >= 11 is 1.47. The lowest BCUT2D eigenvalue weighted by molar-refractivity contribution is 0.111. The number of aldehydes is 1. The van der Waals surface area contributed by atoms with Gasteiger partial charge in [0, 0.05) is 17.3 Å². The summed E-state index contributed by atoms with van der Waals surface area (Å²) in [6.45, 7) is 4.45. The first-order valence-corrected chi connectivity index (χ1v) is 5.29. The zero-order chi connectivity index (χ0) is 10.6. The highest BCUT2D eigenvalue weighted by Crippen LogP contribution is 2.27. The summed E-state index contributed by atoms with van der Waals surface area (Å²) < 4.78 is 0. The molecule has 4 heteroatoms. The fourth-order valence-corrected chi connectivity index (χ4v) is 2.12. The van der Waals surface area contributed by atoms with Gasteiger partial charge in [0.15, 0.2) is 6.29 Å². The van der Waals surface area contributed by atoms with Crippen LogP contribution in [0.5, 0.6) is 0 Å². The minimum atomic E-state index is -0.249. The first-order chi connectivity index (χ1) is 6.66. The van der Waals surface area contributed by atoms with Gasteiger partial charge in [0.2, 0.25) is 0 Å². The average molecular weight is 210 g/mol. The molecule has 76 valence electrons. The van der Waals surface area contributed by atoms with E-state index in [4.69, 9.17) is 5.73 Å². The monoisotopic (exact) mass is 210 g/mol. The van der Waals surface area contributed by atoms with Crippen molar-refractivity contribution >= 4 is 17.6 Å². The van der Waals surface area contributed by atoms with Crippen molar-refractivity contribution in [3.8, 4) is 0 Å². The van der Waals surface area contributed by atoms with Crippen molar-refractivity contribution in [3.05, 3.63) is 28.2 Å². The van der Waals surface area contributed by atoms with Crippen molar-refractivity contribution in [2.45, 2.75) is 19.3 Å². The van der Waals surface area contributed by atoms with Gasteiger partial charge in [-0.3, -0.25) is 4.79 Å². The topological polar surface area (TPSA) is 56.0 Å². The lowest BCUT2D eigenvalue weighted by Crippen LogP contribution is -2.29. The number of nitrogens with zero attached hydrogens (tertiary/aromatic N) is 1. The number of allylic oxidation sites excluding steroid dienone is 1. The highest BCUT2D eigenvalue weighted by atomic mass is 32.1. The maximum absolute atomic E-state index is 10.5. The number of nitrogens with two attached hydrogens (primary N) is 1. The summed E-state index contributed by atoms with van der Waals surface area (Å²) in [4.78, 5) is 14.7. The Morgan fingerprint density at radius 1 is 1.71 bits per heavy atom. The summed E-state index contributed by atoms with van der Waals surface area (Å²) in [5, 5.41) is 2.64. The molecule has 0 bridgehead atoms. The van der Waals surface area contributed by atoms with Crippen LogP contribution >= 0.6 is 11.3 Å². The van der Waals surface area contributed by atoms with Crippen molar-refractivity contribution in [2.24, 2.45) is 5.73 Å². The molecule has 0 fully saturated rings. The minimum absolute atomic E-state index is 0.249. The molecule has 0 aliphatic rings. The molecule has 1 atom stereocenters. The summed E-state index contributed by atoms with van der Waals surface area (Å²) in [7, 11) is 0. The molecule has 14 heavy (non-hydrogen) atoms. The van der Waals surface area contributed by atoms with Crippen molar-refractivity contribution in [1.82, 2.24) is 4.98 Å². The first-order valence-electron chi connectivity index (χ1n) is 4.41. The van der Waals surface area contributed by atoms with Crippen molar-refractivity contribution in [2.75, 3.05) is 6.54 Å². The predicted molar refractivity (Wildman–Crippen MR) is 58.7 cm³/mol. The third-order valence-electron chi connectivity index (χ3n) is 2.09. The smallest absolute Gasteiger partial charge is 0.169 e. The highest BCUT2D eigenvalue weighted by Gasteiger charge is 2.24. The van der Waals surface area contributed by atoms with Crippen LogP contribution in [0, 0.1) is 0 Å². The molecular formula is C10H14N2OS. The second-order valence-corrected chi connectivity index (χ2v) is 4.18. The molecule has 1 heterocycles. The number of aromatic nitrogens is 1. The van der Waals surface area contributed by atoms with E-state index in [-0.39, 0.29) is 5.41 Å². The molecule has 3 nitrogen and oxygen atoms in total. The van der Waals surface area contributed by atoms with E-state index in [2.05, 4.69) is 4.98 Å². The van der Waals surface area contributed by atoms with E-state index < -0.39 is 0 Å². The normalized spacial score (nSPS) is 15.6. The van der Waals surface area contributed by atoms with Crippen LogP contribution in [0.2, 0.25) is 0 Å². The van der Waals surface area contributed by atoms with Gasteiger partial charge in [-0.05, 0) is 13.8 Å². The molecule has 1 rings (SSSR count). The standard InChI is InChI=1S/C10H14N2OS/c1-3-4-10(2,7-11)9-12-8(5-13)6-14-9/h3-6H,7,11H2,1-2H3/b4-3-. The van der Waals surface area contributed by atoms with Crippen LogP contribution in [0.15, 0.2) is 17.5 Å². The SMILES string of the molecule is C/C=C\C(C)(CN)c1nc(C=O)cs1. The van der Waals surface area contributed by atoms with Crippen LogP contribution in [-0.4, -0.2) is 17.8 Å². The molecular weight excluding hydrogens is 196 g/mol. The van der Waals surface area contributed by atoms with Gasteiger partial charge in [-0.25, -0.2) is 4.98 Å². The molecule has 0 aliphatic heterocycles. The zero-order valence-corrected chi connectivity index (χ0v) is 9.17. The Bertz CT molecular complexity index is 346. The molecule has 0 spiro atoms. The van der Waals surface area contributed by atoms with E-state index in [9.17, 15) is 4.79 Å². The minimum Gasteiger partial charge on any atom is -0.329 e. The average Bonchev–Trinajstić information content (AvgIpc) is 2.66. The summed E-state index contributed by atoms with van der Waals surface area (Å²) in [6, 6.07) is 0. The first kappa shape index (κ1) is 11.1. The second kappa shape index (κ2) is 4.48. The molecule has 0 radical (unpaired) electrons. The van der Waals surface area contributed by atoms with E-state index in [1.807, 2.05) is 26.0 Å². The van der Waals surface area contributed by atoms with Gasteiger partial charge in [-0.2, -0.15) is 0 Å². The molecule has 0 amide bonds. The van der Waals surface area contributed by atoms with E-state index in [1.165, 1.54) is 11.3 Å². The predicted octanol–water partition coefficient (Wildman–Crippen LogP) is 1.75. The van der Waals surface area contributed by atoms with Crippen molar-refractivity contribution in [3.63, 3.8) is 0 Å². The fraction of sp³-hybridized carbons (Fsp3) is 0.400. The summed E-state index contributed by atoms with van der Waals surface area (Å²) in [6.07, 6.45) is 4.72. The number of thiazole rings is 1. The summed E-state index contributed by atoms with van der Waals surface area (Å²) in [5.41, 5.74) is 5.93. The van der Waals surface area contributed by atoms with Gasteiger partial charge in [0.25, 0.3) is 0 Å². The number of carbonyl (C=O) groups is 1. The van der Waals surface area contributed by atoms with Crippen LogP contribution in [0.3, 0.4) is 0 Å². The molecule has 2 N–H and O–H groups in total. The highest BCUT2D eigenvalue weighted by molar-refractivity contribution is 7.10. The van der Waals surface area contributed by atoms with Crippen molar-refractivity contribution in [1.29, 1.82) is 0 Å². The van der Waals surface area contributed by atoms with E-state index >= 15 is 0 Å². The number of carbonyl (C=O) groups excluding carboxylic acids is 1. The molecule has 0 saturated carbocycles. The van der Waals surface area contributed by atoms with Gasteiger partial charge in [0.05, 0.1) is 0 Å². The molecule has 0 saturated heterocycles. The Morgan fingerprint density at radius 3 is 2.86 bits per heavy atom. The van der Waals surface area contributed by atoms with E-state index in [1.54, 1.807) is 5.38 Å². The Hall–Kier alpha value is -1.00. The molecule has 1 aromatic rings. The van der Waals surface area contributed by atoms with Gasteiger partial charge >= 0.3 is 0 Å². The maximum Gasteiger partial charge on any atom is 0.169 e. The Morgan fingerprint density at radius 2 is 2.43 bits per heavy atom. The van der Waals surface area contributed by atoms with Crippen LogP contribution < -0.4 is 5.73 Å². The molecule has 1 unspecified atom stereocenters. The van der Waals surface area contributed by atoms with Crippen LogP contribution in [0.1, 0.15) is 29.3 Å². The largest absolute Gasteiger partial charge is 0.329 e. The van der Waals surface area contributed by atoms with E-state index in [0.717, 1.165) is 11.3 Å². The Labute approximate surface area is 87.7 Å². The molecule has 1 aromatic heterocycles. The fourth-order valence-electron chi connectivity index (χ4n) is 1.20. The quantitative estimate of drug-likeness (QED) is 0.608. The van der Waals surface area contributed by atoms with Gasteiger partial charge in [-0.1, -0.05) is 12.2 Å². The lowest BCUT2D eigenvalue weighted by Gasteiger charge is -2.20. The van der Waals surface area contributed by atoms with Crippen LogP contribution in [0.25, 0.3) is 0 Å². The third kappa shape index (κ3) is 2.08. The Kier molecular flexibility index (Phi) is 3.55. The van der Waals surface area contributed by atoms with Crippen LogP contribution in [0.4, 0.5) is 0 Å². The molecule has 0 aromatic carbocycles. The third-order valence-corrected chi connectivity index (χ3v) is 3.23. The van der Waals surface area contributed by atoms with Gasteiger partial charge in [0.1, 0.15) is 10.7 Å². The lowest BCUT2D eigenvalue weighted by atomic mass is 9.91. The number of rotatable bonds is 4. The number of hydrogen-bond donors (Lipinski definition) is 1. The maximum atomic E-state index is 10.5. The van der Waals surface area contributed by atoms with Crippen molar-refractivity contribution < 1.29 is 4.79 Å². The summed E-state index contributed by atoms with van der Waals surface area (Å²) in [5.74, 6) is 0. The van der Waals surface area contributed by atoms with Crippen LogP contribution in [-0.2, 0) is 5.41 Å². The zero-order valence-electron chi connectivity index (χ0n) is 8.36. The van der Waals surface area contributed by atoms with Gasteiger partial charge < -0.3 is 5.73 Å². The number of hydrogen-bond acceptors (Lipinski definition) is 4. The Balaban J connectivity index is 3.05. The van der Waals surface area contributed by atoms with E-state index in [0.29, 0.717) is 12.2 Å².